The summed E-state index contributed by atoms with van der Waals surface area (Å²) in [5, 5.41) is -0.349. The van der Waals surface area contributed by atoms with Crippen LogP contribution in [0.15, 0.2) is 22.8 Å². The Kier molecular flexibility index (Phi) is 4.74. The molecule has 0 aliphatic rings. The predicted molar refractivity (Wildman–Crippen MR) is 56.6 cm³/mol. The third kappa shape index (κ3) is 3.97. The number of rotatable bonds is 6. The van der Waals surface area contributed by atoms with E-state index in [1.807, 2.05) is 12.1 Å². The first kappa shape index (κ1) is 11.3. The SMILES string of the molecule is CC(Cl)C(=O)CCCCc1ccco1. The quantitative estimate of drug-likeness (QED) is 0.538. The molecule has 0 aliphatic heterocycles. The molecule has 1 unspecified atom stereocenters. The molecular formula is C11H15ClO2. The van der Waals surface area contributed by atoms with E-state index in [1.165, 1.54) is 0 Å². The van der Waals surface area contributed by atoms with Gasteiger partial charge in [0.25, 0.3) is 0 Å². The number of hydrogen-bond donors (Lipinski definition) is 0. The van der Waals surface area contributed by atoms with Gasteiger partial charge in [-0.25, -0.2) is 0 Å². The van der Waals surface area contributed by atoms with Gasteiger partial charge in [-0.2, -0.15) is 0 Å². The summed E-state index contributed by atoms with van der Waals surface area (Å²) in [5.41, 5.74) is 0. The smallest absolute Gasteiger partial charge is 0.150 e. The second-order valence-corrected chi connectivity index (χ2v) is 4.02. The summed E-state index contributed by atoms with van der Waals surface area (Å²) in [7, 11) is 0. The molecule has 2 nitrogen and oxygen atoms in total. The highest BCUT2D eigenvalue weighted by molar-refractivity contribution is 6.30. The maximum Gasteiger partial charge on any atom is 0.150 e. The number of ketones is 1. The van der Waals surface area contributed by atoms with E-state index < -0.39 is 0 Å². The van der Waals surface area contributed by atoms with Gasteiger partial charge >= 0.3 is 0 Å². The number of aryl methyl sites for hydroxylation is 1. The van der Waals surface area contributed by atoms with E-state index in [-0.39, 0.29) is 11.2 Å². The van der Waals surface area contributed by atoms with Crippen LogP contribution in [0.5, 0.6) is 0 Å². The monoisotopic (exact) mass is 214 g/mol. The molecule has 14 heavy (non-hydrogen) atoms. The van der Waals surface area contributed by atoms with Crippen LogP contribution < -0.4 is 0 Å². The Bertz CT molecular complexity index is 265. The number of hydrogen-bond acceptors (Lipinski definition) is 2. The Balaban J connectivity index is 2.08. The molecule has 0 fully saturated rings. The maximum atomic E-state index is 11.1. The highest BCUT2D eigenvalue weighted by Gasteiger charge is 2.08. The van der Waals surface area contributed by atoms with Gasteiger partial charge in [0.15, 0.2) is 0 Å². The van der Waals surface area contributed by atoms with Crippen LogP contribution in [-0.4, -0.2) is 11.2 Å². The minimum Gasteiger partial charge on any atom is -0.469 e. The molecule has 0 bridgehead atoms. The topological polar surface area (TPSA) is 30.2 Å². The van der Waals surface area contributed by atoms with Crippen molar-refractivity contribution in [1.29, 1.82) is 0 Å². The average molecular weight is 215 g/mol. The molecular weight excluding hydrogens is 200 g/mol. The van der Waals surface area contributed by atoms with Gasteiger partial charge in [-0.05, 0) is 31.9 Å². The zero-order valence-corrected chi connectivity index (χ0v) is 9.09. The average Bonchev–Trinajstić information content (AvgIpc) is 2.64. The zero-order valence-electron chi connectivity index (χ0n) is 8.33. The molecule has 0 saturated carbocycles. The summed E-state index contributed by atoms with van der Waals surface area (Å²) >= 11 is 5.64. The van der Waals surface area contributed by atoms with Crippen molar-refractivity contribution in [3.63, 3.8) is 0 Å². The van der Waals surface area contributed by atoms with Gasteiger partial charge in [-0.1, -0.05) is 0 Å². The lowest BCUT2D eigenvalue weighted by molar-refractivity contribution is -0.118. The molecule has 0 aliphatic carbocycles. The molecule has 0 amide bonds. The van der Waals surface area contributed by atoms with Gasteiger partial charge in [0.05, 0.1) is 11.6 Å². The Hall–Kier alpha value is -0.760. The summed E-state index contributed by atoms with van der Waals surface area (Å²) in [6.45, 7) is 1.72. The van der Waals surface area contributed by atoms with Crippen molar-refractivity contribution < 1.29 is 9.21 Å². The van der Waals surface area contributed by atoms with Crippen molar-refractivity contribution in [1.82, 2.24) is 0 Å². The number of Topliss-reactive ketones (excluding diaryl/α,β-unsaturated/α-hetero) is 1. The van der Waals surface area contributed by atoms with E-state index in [4.69, 9.17) is 16.0 Å². The van der Waals surface area contributed by atoms with E-state index in [0.717, 1.165) is 25.0 Å². The second-order valence-electron chi connectivity index (χ2n) is 3.37. The highest BCUT2D eigenvalue weighted by Crippen LogP contribution is 2.09. The van der Waals surface area contributed by atoms with E-state index in [1.54, 1.807) is 13.2 Å². The van der Waals surface area contributed by atoms with Crippen molar-refractivity contribution in [2.24, 2.45) is 0 Å². The Morgan fingerprint density at radius 3 is 2.93 bits per heavy atom. The molecule has 0 aromatic carbocycles. The number of carbonyl (C=O) groups is 1. The molecule has 3 heteroatoms. The number of unbranched alkanes of at least 4 members (excludes halogenated alkanes) is 1. The second kappa shape index (κ2) is 5.86. The summed E-state index contributed by atoms with van der Waals surface area (Å²) in [6, 6.07) is 3.83. The third-order valence-electron chi connectivity index (χ3n) is 2.12. The maximum absolute atomic E-state index is 11.1. The molecule has 0 spiro atoms. The van der Waals surface area contributed by atoms with Crippen LogP contribution in [-0.2, 0) is 11.2 Å². The number of alkyl halides is 1. The van der Waals surface area contributed by atoms with E-state index in [0.29, 0.717) is 6.42 Å². The lowest BCUT2D eigenvalue weighted by Gasteiger charge is -2.01. The lowest BCUT2D eigenvalue weighted by atomic mass is 10.1. The molecule has 1 aromatic rings. The summed E-state index contributed by atoms with van der Waals surface area (Å²) in [6.07, 6.45) is 5.00. The molecule has 1 atom stereocenters. The van der Waals surface area contributed by atoms with Crippen molar-refractivity contribution in [2.45, 2.75) is 38.0 Å². The number of carbonyl (C=O) groups excluding carboxylic acids is 1. The van der Waals surface area contributed by atoms with Crippen LogP contribution in [0.4, 0.5) is 0 Å². The van der Waals surface area contributed by atoms with Crippen LogP contribution in [0.1, 0.15) is 31.9 Å². The van der Waals surface area contributed by atoms with Crippen LogP contribution >= 0.6 is 11.6 Å². The normalized spacial score (nSPS) is 12.7. The summed E-state index contributed by atoms with van der Waals surface area (Å²) in [4.78, 5) is 11.1. The zero-order chi connectivity index (χ0) is 10.4. The molecule has 0 saturated heterocycles. The first-order valence-corrected chi connectivity index (χ1v) is 5.33. The molecule has 0 radical (unpaired) electrons. The Morgan fingerprint density at radius 1 is 1.57 bits per heavy atom. The Labute approximate surface area is 89.2 Å². The van der Waals surface area contributed by atoms with Crippen molar-refractivity contribution in [2.75, 3.05) is 0 Å². The van der Waals surface area contributed by atoms with Crippen LogP contribution in [0.2, 0.25) is 0 Å². The van der Waals surface area contributed by atoms with Crippen LogP contribution in [0.25, 0.3) is 0 Å². The van der Waals surface area contributed by atoms with Crippen molar-refractivity contribution in [3.05, 3.63) is 24.2 Å². The van der Waals surface area contributed by atoms with Crippen LogP contribution in [0, 0.1) is 0 Å². The molecule has 0 N–H and O–H groups in total. The lowest BCUT2D eigenvalue weighted by Crippen LogP contribution is -2.09. The predicted octanol–water partition coefficient (Wildman–Crippen LogP) is 3.19. The highest BCUT2D eigenvalue weighted by atomic mass is 35.5. The fourth-order valence-electron chi connectivity index (χ4n) is 1.25. The minimum absolute atomic E-state index is 0.131. The van der Waals surface area contributed by atoms with Gasteiger partial charge in [-0.3, -0.25) is 4.79 Å². The number of furan rings is 1. The third-order valence-corrected chi connectivity index (χ3v) is 2.36. The first-order chi connectivity index (χ1) is 6.70. The van der Waals surface area contributed by atoms with E-state index in [2.05, 4.69) is 0 Å². The van der Waals surface area contributed by atoms with E-state index >= 15 is 0 Å². The van der Waals surface area contributed by atoms with Gasteiger partial charge in [0.1, 0.15) is 11.5 Å². The van der Waals surface area contributed by atoms with E-state index in [9.17, 15) is 4.79 Å². The number of halogens is 1. The van der Waals surface area contributed by atoms with Gasteiger partial charge in [0.2, 0.25) is 0 Å². The van der Waals surface area contributed by atoms with Gasteiger partial charge in [0, 0.05) is 12.8 Å². The molecule has 1 heterocycles. The standard InChI is InChI=1S/C11H15ClO2/c1-9(12)11(13)7-3-2-5-10-6-4-8-14-10/h4,6,8-9H,2-3,5,7H2,1H3. The van der Waals surface area contributed by atoms with Gasteiger partial charge in [-0.15, -0.1) is 11.6 Å². The fourth-order valence-corrected chi connectivity index (χ4v) is 1.36. The van der Waals surface area contributed by atoms with Crippen molar-refractivity contribution in [3.8, 4) is 0 Å². The summed E-state index contributed by atoms with van der Waals surface area (Å²) in [5.74, 6) is 1.11. The first-order valence-electron chi connectivity index (χ1n) is 4.89. The van der Waals surface area contributed by atoms with Crippen molar-refractivity contribution >= 4 is 17.4 Å². The summed E-state index contributed by atoms with van der Waals surface area (Å²) < 4.78 is 5.18. The minimum atomic E-state index is -0.349. The fraction of sp³-hybridized carbons (Fsp3) is 0.545. The van der Waals surface area contributed by atoms with Gasteiger partial charge < -0.3 is 4.42 Å². The Morgan fingerprint density at radius 2 is 2.36 bits per heavy atom. The molecule has 1 aromatic heterocycles. The largest absolute Gasteiger partial charge is 0.469 e. The molecule has 1 rings (SSSR count). The molecule has 78 valence electrons. The van der Waals surface area contributed by atoms with Crippen LogP contribution in [0.3, 0.4) is 0 Å².